The summed E-state index contributed by atoms with van der Waals surface area (Å²) >= 11 is 0. The van der Waals surface area contributed by atoms with Crippen LogP contribution in [-0.2, 0) is 45.3 Å². The minimum atomic E-state index is -0.474. The molecule has 1 aliphatic rings. The minimum Gasteiger partial charge on any atom is -0.368 e. The maximum atomic E-state index is 13.7. The fourth-order valence-corrected chi connectivity index (χ4v) is 6.30. The smallest absolute Gasteiger partial charge is 0.123 e. The van der Waals surface area contributed by atoms with E-state index < -0.39 is 18.3 Å². The van der Waals surface area contributed by atoms with Gasteiger partial charge in [0, 0.05) is 29.2 Å². The molecule has 7 rings (SSSR count). The number of rotatable bonds is 12. The Hall–Kier alpha value is -4.59. The number of fused-ring (bicyclic) bond motifs is 1. The first-order valence-corrected chi connectivity index (χ1v) is 16.1. The van der Waals surface area contributed by atoms with Crippen molar-refractivity contribution in [1.82, 2.24) is 4.57 Å². The summed E-state index contributed by atoms with van der Waals surface area (Å²) in [7, 11) is 0. The number of hydrogen-bond acceptors (Lipinski definition) is 4. The van der Waals surface area contributed by atoms with Crippen molar-refractivity contribution < 1.29 is 23.3 Å². The molecule has 1 fully saturated rings. The summed E-state index contributed by atoms with van der Waals surface area (Å²) in [5.74, 6) is -0.244. The summed E-state index contributed by atoms with van der Waals surface area (Å²) in [5.41, 5.74) is 6.34. The number of ether oxygens (including phenoxy) is 4. The normalized spacial score (nSPS) is 19.6. The highest BCUT2D eigenvalue weighted by molar-refractivity contribution is 5.84. The molecule has 0 N–H and O–H groups in total. The molecule has 2 heterocycles. The highest BCUT2D eigenvalue weighted by atomic mass is 19.1. The van der Waals surface area contributed by atoms with E-state index in [1.807, 2.05) is 78.9 Å². The summed E-state index contributed by atoms with van der Waals surface area (Å²) in [6.45, 7) is 2.20. The molecule has 6 aromatic rings. The first-order valence-electron chi connectivity index (χ1n) is 16.1. The van der Waals surface area contributed by atoms with E-state index in [0.717, 1.165) is 38.7 Å². The van der Waals surface area contributed by atoms with Crippen LogP contribution >= 0.6 is 0 Å². The topological polar surface area (TPSA) is 41.9 Å². The molecule has 0 amide bonds. The van der Waals surface area contributed by atoms with Crippen LogP contribution in [0.1, 0.15) is 33.9 Å². The molecule has 0 bridgehead atoms. The predicted molar refractivity (Wildman–Crippen MR) is 181 cm³/mol. The molecule has 5 nitrogen and oxygen atoms in total. The lowest BCUT2D eigenvalue weighted by molar-refractivity contribution is -0.240. The highest BCUT2D eigenvalue weighted by Crippen LogP contribution is 2.39. The van der Waals surface area contributed by atoms with Gasteiger partial charge < -0.3 is 23.5 Å². The van der Waals surface area contributed by atoms with Gasteiger partial charge in [-0.15, -0.1) is 0 Å². The van der Waals surface area contributed by atoms with Gasteiger partial charge in [0.2, 0.25) is 0 Å². The number of hydrogen-bond donors (Lipinski definition) is 0. The lowest BCUT2D eigenvalue weighted by Crippen LogP contribution is -2.52. The molecule has 1 saturated heterocycles. The van der Waals surface area contributed by atoms with E-state index in [4.69, 9.17) is 18.9 Å². The van der Waals surface area contributed by atoms with E-state index in [9.17, 15) is 4.39 Å². The van der Waals surface area contributed by atoms with Gasteiger partial charge in [-0.2, -0.15) is 0 Å². The van der Waals surface area contributed by atoms with Gasteiger partial charge in [-0.3, -0.25) is 0 Å². The Balaban J connectivity index is 1.24. The molecule has 238 valence electrons. The lowest BCUT2D eigenvalue weighted by atomic mass is 9.93. The molecule has 0 radical (unpaired) electrons. The van der Waals surface area contributed by atoms with Crippen LogP contribution in [0, 0.1) is 5.82 Å². The molecule has 5 aromatic carbocycles. The maximum absolute atomic E-state index is 13.7. The van der Waals surface area contributed by atoms with Crippen molar-refractivity contribution in [1.29, 1.82) is 0 Å². The summed E-state index contributed by atoms with van der Waals surface area (Å²) in [5, 5.41) is 1.08. The van der Waals surface area contributed by atoms with Gasteiger partial charge in [0.15, 0.2) is 0 Å². The Morgan fingerprint density at radius 2 is 1.11 bits per heavy atom. The van der Waals surface area contributed by atoms with Crippen LogP contribution in [0.3, 0.4) is 0 Å². The largest absolute Gasteiger partial charge is 0.368 e. The van der Waals surface area contributed by atoms with Crippen molar-refractivity contribution in [3.63, 3.8) is 0 Å². The van der Waals surface area contributed by atoms with Crippen molar-refractivity contribution in [2.24, 2.45) is 0 Å². The summed E-state index contributed by atoms with van der Waals surface area (Å²) in [4.78, 5) is 0. The Morgan fingerprint density at radius 1 is 0.574 bits per heavy atom. The summed E-state index contributed by atoms with van der Waals surface area (Å²) in [6, 6.07) is 45.5. The maximum Gasteiger partial charge on any atom is 0.123 e. The number of halogens is 1. The zero-order valence-electron chi connectivity index (χ0n) is 26.2. The fourth-order valence-electron chi connectivity index (χ4n) is 6.30. The summed E-state index contributed by atoms with van der Waals surface area (Å²) < 4.78 is 42.8. The van der Waals surface area contributed by atoms with Crippen LogP contribution in [0.15, 0.2) is 146 Å². The van der Waals surface area contributed by atoms with Crippen molar-refractivity contribution in [2.75, 3.05) is 6.61 Å². The second kappa shape index (κ2) is 14.9. The number of para-hydroxylation sites is 1. The van der Waals surface area contributed by atoms with Crippen LogP contribution in [-0.4, -0.2) is 29.5 Å². The van der Waals surface area contributed by atoms with Gasteiger partial charge in [0.05, 0.1) is 26.4 Å². The molecule has 0 saturated carbocycles. The molecule has 1 aromatic heterocycles. The third-order valence-electron chi connectivity index (χ3n) is 8.70. The molecular formula is C41H38FNO4. The quantitative estimate of drug-likeness (QED) is 0.136. The average molecular weight is 628 g/mol. The second-order valence-corrected chi connectivity index (χ2v) is 12.0. The highest BCUT2D eigenvalue weighted by Gasteiger charge is 2.44. The van der Waals surface area contributed by atoms with Crippen molar-refractivity contribution in [2.45, 2.75) is 50.8 Å². The molecule has 0 unspecified atom stereocenters. The third-order valence-corrected chi connectivity index (χ3v) is 8.70. The standard InChI is InChI=1S/C41H38FNO4/c42-34-22-20-30(21-23-34)24-43-25-36(35-18-10-11-19-37(35)43)39-41(46-28-33-16-8-3-9-17-33)40(45-27-32-14-6-2-7-15-32)38(29-47-39)44-26-31-12-4-1-5-13-31/h1-23,25,38-41H,24,26-29H2/t38-,39+,40+,41+/m1/s1. The third kappa shape index (κ3) is 7.53. The molecular weight excluding hydrogens is 589 g/mol. The second-order valence-electron chi connectivity index (χ2n) is 12.0. The van der Waals surface area contributed by atoms with Crippen LogP contribution in [0.4, 0.5) is 4.39 Å². The van der Waals surface area contributed by atoms with Gasteiger partial charge >= 0.3 is 0 Å². The molecule has 47 heavy (non-hydrogen) atoms. The monoisotopic (exact) mass is 627 g/mol. The molecule has 6 heteroatoms. The predicted octanol–water partition coefficient (Wildman–Crippen LogP) is 8.66. The number of nitrogens with zero attached hydrogens (tertiary/aromatic N) is 1. The van der Waals surface area contributed by atoms with Gasteiger partial charge in [0.1, 0.15) is 30.2 Å². The van der Waals surface area contributed by atoms with Gasteiger partial charge in [-0.05, 0) is 40.5 Å². The van der Waals surface area contributed by atoms with E-state index in [1.54, 1.807) is 0 Å². The SMILES string of the molecule is Fc1ccc(Cn2cc([C@@H]3OC[C@@H](OCc4ccccc4)[C@H](OCc4ccccc4)[C@H]3OCc3ccccc3)c3ccccc32)cc1. The van der Waals surface area contributed by atoms with E-state index >= 15 is 0 Å². The molecule has 4 atom stereocenters. The Labute approximate surface area is 275 Å². The number of aromatic nitrogens is 1. The van der Waals surface area contributed by atoms with E-state index in [2.05, 4.69) is 59.3 Å². The first kappa shape index (κ1) is 31.0. The fraction of sp³-hybridized carbons (Fsp3) is 0.220. The van der Waals surface area contributed by atoms with E-state index in [-0.39, 0.29) is 11.9 Å². The molecule has 0 spiro atoms. The zero-order chi connectivity index (χ0) is 31.8. The van der Waals surface area contributed by atoms with Crippen LogP contribution in [0.5, 0.6) is 0 Å². The van der Waals surface area contributed by atoms with Crippen LogP contribution < -0.4 is 0 Å². The average Bonchev–Trinajstić information content (AvgIpc) is 3.49. The van der Waals surface area contributed by atoms with E-state index in [1.165, 1.54) is 12.1 Å². The van der Waals surface area contributed by atoms with Crippen LogP contribution in [0.25, 0.3) is 10.9 Å². The van der Waals surface area contributed by atoms with Crippen LogP contribution in [0.2, 0.25) is 0 Å². The number of benzene rings is 5. The molecule has 1 aliphatic heterocycles. The van der Waals surface area contributed by atoms with Gasteiger partial charge in [-0.1, -0.05) is 121 Å². The Bertz CT molecular complexity index is 1840. The molecule has 0 aliphatic carbocycles. The summed E-state index contributed by atoms with van der Waals surface area (Å²) in [6.07, 6.45) is 0.481. The van der Waals surface area contributed by atoms with Gasteiger partial charge in [-0.25, -0.2) is 4.39 Å². The Kier molecular flexibility index (Phi) is 9.83. The van der Waals surface area contributed by atoms with Crippen molar-refractivity contribution in [3.05, 3.63) is 179 Å². The minimum absolute atomic E-state index is 0.244. The zero-order valence-corrected chi connectivity index (χ0v) is 26.2. The lowest BCUT2D eigenvalue weighted by Gasteiger charge is -2.42. The van der Waals surface area contributed by atoms with Crippen molar-refractivity contribution in [3.8, 4) is 0 Å². The van der Waals surface area contributed by atoms with E-state index in [0.29, 0.717) is 33.0 Å². The first-order chi connectivity index (χ1) is 23.2. The van der Waals surface area contributed by atoms with Gasteiger partial charge in [0.25, 0.3) is 0 Å². The van der Waals surface area contributed by atoms with Crippen molar-refractivity contribution >= 4 is 10.9 Å². The Morgan fingerprint density at radius 3 is 1.72 bits per heavy atom.